The number of hydrogen-bond acceptors (Lipinski definition) is 8. The number of nitrogens with two attached hydrogens (primary N) is 2. The molecule has 1 amide bonds. The van der Waals surface area contributed by atoms with Crippen LogP contribution in [0.5, 0.6) is 11.5 Å². The van der Waals surface area contributed by atoms with Gasteiger partial charge in [0.15, 0.2) is 11.5 Å². The Bertz CT molecular complexity index is 846. The molecule has 0 aliphatic rings. The highest BCUT2D eigenvalue weighted by molar-refractivity contribution is 5.79. The first kappa shape index (κ1) is 35.1. The normalized spacial score (nSPS) is 16.1. The van der Waals surface area contributed by atoms with Crippen molar-refractivity contribution in [3.63, 3.8) is 0 Å². The van der Waals surface area contributed by atoms with Crippen molar-refractivity contribution in [2.24, 2.45) is 40.6 Å². The van der Waals surface area contributed by atoms with Crippen LogP contribution in [-0.4, -0.2) is 68.5 Å². The molecule has 0 radical (unpaired) electrons. The van der Waals surface area contributed by atoms with Gasteiger partial charge in [-0.2, -0.15) is 0 Å². The fourth-order valence-electron chi connectivity index (χ4n) is 4.41. The van der Waals surface area contributed by atoms with Crippen LogP contribution in [0.25, 0.3) is 0 Å². The molecule has 0 fully saturated rings. The molecule has 0 aliphatic carbocycles. The summed E-state index contributed by atoms with van der Waals surface area (Å²) in [6.07, 6.45) is 0.574. The first-order valence-electron chi connectivity index (χ1n) is 14.2. The lowest BCUT2D eigenvalue weighted by Gasteiger charge is -2.31. The summed E-state index contributed by atoms with van der Waals surface area (Å²) in [5, 5.41) is 23.7. The number of carbonyl (C=O) groups is 1. The molecule has 0 aliphatic heterocycles. The van der Waals surface area contributed by atoms with Crippen LogP contribution in [0.15, 0.2) is 18.2 Å². The average molecular weight is 554 g/mol. The summed E-state index contributed by atoms with van der Waals surface area (Å²) in [6.45, 7) is 13.2. The van der Waals surface area contributed by atoms with Gasteiger partial charge >= 0.3 is 0 Å². The number of aliphatic hydroxyl groups is 2. The molecule has 0 spiro atoms. The van der Waals surface area contributed by atoms with Crippen LogP contribution in [0.1, 0.15) is 66.4 Å². The highest BCUT2D eigenvalue weighted by Crippen LogP contribution is 2.32. The van der Waals surface area contributed by atoms with Crippen molar-refractivity contribution in [2.75, 3.05) is 34.0 Å². The molecule has 0 bridgehead atoms. The largest absolute Gasteiger partial charge is 0.493 e. The van der Waals surface area contributed by atoms with Crippen LogP contribution in [-0.2, 0) is 16.0 Å². The molecule has 0 aromatic heterocycles. The van der Waals surface area contributed by atoms with Gasteiger partial charge in [0.25, 0.3) is 0 Å². The lowest BCUT2D eigenvalue weighted by Crippen LogP contribution is -2.48. The highest BCUT2D eigenvalue weighted by atomic mass is 16.5. The Morgan fingerprint density at radius 1 is 1.00 bits per heavy atom. The van der Waals surface area contributed by atoms with Crippen LogP contribution in [0, 0.1) is 29.1 Å². The van der Waals surface area contributed by atoms with Crippen molar-refractivity contribution in [2.45, 2.75) is 85.6 Å². The summed E-state index contributed by atoms with van der Waals surface area (Å²) in [5.41, 5.74) is 12.6. The van der Waals surface area contributed by atoms with Gasteiger partial charge in [-0.3, -0.25) is 4.79 Å². The van der Waals surface area contributed by atoms with Gasteiger partial charge in [-0.15, -0.1) is 0 Å². The van der Waals surface area contributed by atoms with E-state index in [0.29, 0.717) is 37.1 Å². The number of rotatable bonds is 19. The zero-order valence-electron chi connectivity index (χ0n) is 25.4. The minimum atomic E-state index is -1.05. The predicted molar refractivity (Wildman–Crippen MR) is 156 cm³/mol. The van der Waals surface area contributed by atoms with Crippen molar-refractivity contribution in [3.8, 4) is 11.5 Å². The summed E-state index contributed by atoms with van der Waals surface area (Å²) in [4.78, 5) is 13.0. The first-order chi connectivity index (χ1) is 18.2. The molecule has 7 N–H and O–H groups in total. The number of hydrogen-bond donors (Lipinski definition) is 5. The van der Waals surface area contributed by atoms with Gasteiger partial charge in [0.2, 0.25) is 5.91 Å². The van der Waals surface area contributed by atoms with Crippen LogP contribution in [0.4, 0.5) is 0 Å². The standard InChI is InChI=1S/C30H55N3O6/c1-19(2)22(14-21-10-11-26(38-8)27(15-21)39-13-9-12-37-7)16-24(31)25(34)17-23(20(3)4)28(35)33-18-30(5,6)29(32)36/h10-11,15,19-20,22-25,29,34,36H,9,12-14,16-18,31-32H2,1-8H3,(H,33,35)/t22-,23+,24-,25+,29?/m1/s1. The van der Waals surface area contributed by atoms with Crippen LogP contribution < -0.4 is 26.3 Å². The van der Waals surface area contributed by atoms with E-state index in [0.717, 1.165) is 18.4 Å². The maximum atomic E-state index is 13.0. The number of carbonyl (C=O) groups excluding carboxylic acids is 1. The number of aliphatic hydroxyl groups excluding tert-OH is 2. The molecule has 9 nitrogen and oxygen atoms in total. The van der Waals surface area contributed by atoms with E-state index in [-0.39, 0.29) is 30.7 Å². The van der Waals surface area contributed by atoms with E-state index in [9.17, 15) is 15.0 Å². The fraction of sp³-hybridized carbons (Fsp3) is 0.767. The zero-order chi connectivity index (χ0) is 29.8. The van der Waals surface area contributed by atoms with Crippen molar-refractivity contribution < 1.29 is 29.2 Å². The van der Waals surface area contributed by atoms with Gasteiger partial charge in [-0.05, 0) is 54.7 Å². The molecule has 1 rings (SSSR count). The Labute approximate surface area is 236 Å². The summed E-state index contributed by atoms with van der Waals surface area (Å²) in [7, 11) is 3.30. The van der Waals surface area contributed by atoms with Crippen molar-refractivity contribution in [1.82, 2.24) is 5.32 Å². The smallest absolute Gasteiger partial charge is 0.223 e. The molecule has 1 aromatic rings. The Kier molecular flexibility index (Phi) is 15.3. The monoisotopic (exact) mass is 553 g/mol. The second-order valence-corrected chi connectivity index (χ2v) is 12.1. The zero-order valence-corrected chi connectivity index (χ0v) is 25.4. The average Bonchev–Trinajstić information content (AvgIpc) is 2.87. The van der Waals surface area contributed by atoms with E-state index in [1.165, 1.54) is 0 Å². The molecule has 226 valence electrons. The number of amides is 1. The van der Waals surface area contributed by atoms with E-state index in [2.05, 4.69) is 19.2 Å². The second kappa shape index (κ2) is 17.0. The highest BCUT2D eigenvalue weighted by Gasteiger charge is 2.32. The molecule has 39 heavy (non-hydrogen) atoms. The number of ether oxygens (including phenoxy) is 3. The van der Waals surface area contributed by atoms with Gasteiger partial charge < -0.3 is 41.2 Å². The minimum Gasteiger partial charge on any atom is -0.493 e. The molecular weight excluding hydrogens is 498 g/mol. The summed E-state index contributed by atoms with van der Waals surface area (Å²) in [5.74, 6) is 1.39. The van der Waals surface area contributed by atoms with E-state index in [4.69, 9.17) is 25.7 Å². The van der Waals surface area contributed by atoms with E-state index in [1.807, 2.05) is 32.0 Å². The lowest BCUT2D eigenvalue weighted by molar-refractivity contribution is -0.128. The predicted octanol–water partition coefficient (Wildman–Crippen LogP) is 3.09. The summed E-state index contributed by atoms with van der Waals surface area (Å²) < 4.78 is 16.5. The third-order valence-corrected chi connectivity index (χ3v) is 7.64. The SMILES string of the molecule is COCCCOc1cc(C[C@H](C[C@@H](N)[C@@H](O)C[C@H](C(=O)NCC(C)(C)C(N)O)C(C)C)C(C)C)ccc1OC. The minimum absolute atomic E-state index is 0.0141. The molecular formula is C30H55N3O6. The number of methoxy groups -OCH3 is 2. The quantitative estimate of drug-likeness (QED) is 0.130. The van der Waals surface area contributed by atoms with Gasteiger partial charge in [-0.1, -0.05) is 47.6 Å². The van der Waals surface area contributed by atoms with Crippen molar-refractivity contribution in [3.05, 3.63) is 23.8 Å². The van der Waals surface area contributed by atoms with E-state index >= 15 is 0 Å². The Morgan fingerprint density at radius 2 is 1.67 bits per heavy atom. The van der Waals surface area contributed by atoms with E-state index in [1.54, 1.807) is 28.1 Å². The Hall–Kier alpha value is -1.91. The molecule has 0 saturated heterocycles. The Balaban J connectivity index is 2.86. The van der Waals surface area contributed by atoms with Gasteiger partial charge in [-0.25, -0.2) is 0 Å². The second-order valence-electron chi connectivity index (χ2n) is 12.1. The van der Waals surface area contributed by atoms with Crippen LogP contribution >= 0.6 is 0 Å². The van der Waals surface area contributed by atoms with Gasteiger partial charge in [0.1, 0.15) is 6.23 Å². The van der Waals surface area contributed by atoms with Crippen molar-refractivity contribution >= 4 is 5.91 Å². The third-order valence-electron chi connectivity index (χ3n) is 7.64. The first-order valence-corrected chi connectivity index (χ1v) is 14.2. The lowest BCUT2D eigenvalue weighted by atomic mass is 9.80. The number of nitrogens with one attached hydrogen (secondary N) is 1. The molecule has 9 heteroatoms. The van der Waals surface area contributed by atoms with E-state index < -0.39 is 29.7 Å². The molecule has 1 aromatic carbocycles. The third kappa shape index (κ3) is 12.0. The van der Waals surface area contributed by atoms with Crippen LogP contribution in [0.3, 0.4) is 0 Å². The van der Waals surface area contributed by atoms with Crippen LogP contribution in [0.2, 0.25) is 0 Å². The topological polar surface area (TPSA) is 149 Å². The maximum Gasteiger partial charge on any atom is 0.223 e. The molecule has 0 heterocycles. The van der Waals surface area contributed by atoms with Gasteiger partial charge in [0.05, 0.1) is 19.8 Å². The fourth-order valence-corrected chi connectivity index (χ4v) is 4.41. The van der Waals surface area contributed by atoms with Crippen molar-refractivity contribution in [1.29, 1.82) is 0 Å². The molecule has 0 saturated carbocycles. The Morgan fingerprint density at radius 3 is 2.21 bits per heavy atom. The van der Waals surface area contributed by atoms with Gasteiger partial charge in [0, 0.05) is 44.1 Å². The maximum absolute atomic E-state index is 13.0. The summed E-state index contributed by atoms with van der Waals surface area (Å²) >= 11 is 0. The number of benzene rings is 1. The molecule has 1 unspecified atom stereocenters. The molecule has 5 atom stereocenters. The summed E-state index contributed by atoms with van der Waals surface area (Å²) in [6, 6.07) is 5.50.